The topological polar surface area (TPSA) is 55.8 Å². The number of ether oxygens (including phenoxy) is 2. The van der Waals surface area contributed by atoms with Crippen molar-refractivity contribution in [3.05, 3.63) is 0 Å². The van der Waals surface area contributed by atoms with Gasteiger partial charge in [0.1, 0.15) is 6.61 Å². The van der Waals surface area contributed by atoms with Gasteiger partial charge in [0.25, 0.3) is 6.43 Å². The monoisotopic (exact) mass is 266 g/mol. The smallest absolute Gasteiger partial charge is 0.308 e. The number of carbonyl (C=O) groups is 1. The first-order chi connectivity index (χ1) is 8.47. The van der Waals surface area contributed by atoms with Gasteiger partial charge in [-0.25, -0.2) is 8.78 Å². The quantitative estimate of drug-likeness (QED) is 0.744. The van der Waals surface area contributed by atoms with E-state index in [2.05, 4.69) is 0 Å². The second kappa shape index (κ2) is 6.99. The van der Waals surface area contributed by atoms with Gasteiger partial charge in [-0.05, 0) is 32.6 Å². The third-order valence-electron chi connectivity index (χ3n) is 3.15. The SMILES string of the molecule is CCOC(=O)C1CCC(O)(COCC(F)F)CC1. The molecule has 0 aromatic carbocycles. The lowest BCUT2D eigenvalue weighted by Crippen LogP contribution is -2.40. The predicted molar refractivity (Wildman–Crippen MR) is 60.4 cm³/mol. The largest absolute Gasteiger partial charge is 0.466 e. The van der Waals surface area contributed by atoms with Crippen molar-refractivity contribution in [3.63, 3.8) is 0 Å². The van der Waals surface area contributed by atoms with Crippen LogP contribution >= 0.6 is 0 Å². The molecule has 0 spiro atoms. The summed E-state index contributed by atoms with van der Waals surface area (Å²) in [5, 5.41) is 10.1. The Hall–Kier alpha value is -0.750. The Morgan fingerprint density at radius 3 is 2.56 bits per heavy atom. The maximum absolute atomic E-state index is 11.9. The number of esters is 1. The first-order valence-electron chi connectivity index (χ1n) is 6.22. The number of alkyl halides is 2. The van der Waals surface area contributed by atoms with E-state index in [0.717, 1.165) is 0 Å². The van der Waals surface area contributed by atoms with Crippen LogP contribution < -0.4 is 0 Å². The molecule has 1 aliphatic rings. The molecule has 0 bridgehead atoms. The summed E-state index contributed by atoms with van der Waals surface area (Å²) in [5.74, 6) is -0.437. The van der Waals surface area contributed by atoms with E-state index in [0.29, 0.717) is 32.3 Å². The molecule has 18 heavy (non-hydrogen) atoms. The van der Waals surface area contributed by atoms with E-state index in [1.54, 1.807) is 6.92 Å². The minimum atomic E-state index is -2.52. The Morgan fingerprint density at radius 1 is 1.44 bits per heavy atom. The van der Waals surface area contributed by atoms with E-state index in [9.17, 15) is 18.7 Å². The highest BCUT2D eigenvalue weighted by Gasteiger charge is 2.36. The van der Waals surface area contributed by atoms with Gasteiger partial charge in [0.05, 0.1) is 24.7 Å². The van der Waals surface area contributed by atoms with Crippen LogP contribution in [0.15, 0.2) is 0 Å². The van der Waals surface area contributed by atoms with Crippen LogP contribution in [0.3, 0.4) is 0 Å². The maximum Gasteiger partial charge on any atom is 0.308 e. The molecule has 0 amide bonds. The zero-order valence-electron chi connectivity index (χ0n) is 10.5. The van der Waals surface area contributed by atoms with Crippen LogP contribution in [-0.2, 0) is 14.3 Å². The fourth-order valence-electron chi connectivity index (χ4n) is 2.13. The predicted octanol–water partition coefficient (Wildman–Crippen LogP) is 1.75. The van der Waals surface area contributed by atoms with Crippen LogP contribution in [-0.4, -0.2) is 42.9 Å². The van der Waals surface area contributed by atoms with Crippen molar-refractivity contribution in [3.8, 4) is 0 Å². The van der Waals surface area contributed by atoms with Crippen molar-refractivity contribution in [2.75, 3.05) is 19.8 Å². The van der Waals surface area contributed by atoms with E-state index in [4.69, 9.17) is 9.47 Å². The fourth-order valence-corrected chi connectivity index (χ4v) is 2.13. The lowest BCUT2D eigenvalue weighted by molar-refractivity contribution is -0.152. The van der Waals surface area contributed by atoms with Gasteiger partial charge in [-0.2, -0.15) is 0 Å². The van der Waals surface area contributed by atoms with Gasteiger partial charge in [0.15, 0.2) is 0 Å². The van der Waals surface area contributed by atoms with Gasteiger partial charge >= 0.3 is 5.97 Å². The molecule has 0 aromatic heterocycles. The van der Waals surface area contributed by atoms with Gasteiger partial charge in [0.2, 0.25) is 0 Å². The minimum Gasteiger partial charge on any atom is -0.466 e. The lowest BCUT2D eigenvalue weighted by atomic mass is 9.79. The van der Waals surface area contributed by atoms with Crippen molar-refractivity contribution in [1.82, 2.24) is 0 Å². The summed E-state index contributed by atoms with van der Waals surface area (Å²) in [6, 6.07) is 0. The van der Waals surface area contributed by atoms with Crippen molar-refractivity contribution in [1.29, 1.82) is 0 Å². The summed E-state index contributed by atoms with van der Waals surface area (Å²) in [6.07, 6.45) is -0.760. The van der Waals surface area contributed by atoms with Crippen LogP contribution in [0.2, 0.25) is 0 Å². The Morgan fingerprint density at radius 2 is 2.06 bits per heavy atom. The van der Waals surface area contributed by atoms with Crippen LogP contribution in [0.4, 0.5) is 8.78 Å². The van der Waals surface area contributed by atoms with E-state index < -0.39 is 18.6 Å². The number of aliphatic hydroxyl groups is 1. The number of rotatable bonds is 6. The molecule has 106 valence electrons. The number of hydrogen-bond donors (Lipinski definition) is 1. The lowest BCUT2D eigenvalue weighted by Gasteiger charge is -2.34. The molecule has 6 heteroatoms. The molecule has 1 N–H and O–H groups in total. The van der Waals surface area contributed by atoms with Gasteiger partial charge in [-0.15, -0.1) is 0 Å². The van der Waals surface area contributed by atoms with E-state index >= 15 is 0 Å². The highest BCUT2D eigenvalue weighted by Crippen LogP contribution is 2.33. The molecule has 0 heterocycles. The number of halogens is 2. The number of hydrogen-bond acceptors (Lipinski definition) is 4. The molecule has 0 radical (unpaired) electrons. The highest BCUT2D eigenvalue weighted by atomic mass is 19.3. The van der Waals surface area contributed by atoms with Crippen molar-refractivity contribution >= 4 is 5.97 Å². The molecule has 0 unspecified atom stereocenters. The summed E-state index contributed by atoms with van der Waals surface area (Å²) in [6.45, 7) is 1.32. The molecule has 0 saturated heterocycles. The Kier molecular flexibility index (Phi) is 5.95. The van der Waals surface area contributed by atoms with Crippen LogP contribution in [0.5, 0.6) is 0 Å². The second-order valence-corrected chi connectivity index (χ2v) is 4.66. The van der Waals surface area contributed by atoms with Crippen molar-refractivity contribution < 1.29 is 28.2 Å². The zero-order chi connectivity index (χ0) is 13.6. The van der Waals surface area contributed by atoms with Gasteiger partial charge in [-0.3, -0.25) is 4.79 Å². The normalized spacial score (nSPS) is 28.4. The summed E-state index contributed by atoms with van der Waals surface area (Å²) in [5.41, 5.74) is -1.09. The minimum absolute atomic E-state index is 0.104. The van der Waals surface area contributed by atoms with E-state index in [1.807, 2.05) is 0 Å². The molecule has 1 saturated carbocycles. The van der Waals surface area contributed by atoms with E-state index in [1.165, 1.54) is 0 Å². The summed E-state index contributed by atoms with van der Waals surface area (Å²) < 4.78 is 33.5. The van der Waals surface area contributed by atoms with Crippen LogP contribution in [0, 0.1) is 5.92 Å². The Bertz CT molecular complexity index is 263. The van der Waals surface area contributed by atoms with Gasteiger partial charge < -0.3 is 14.6 Å². The van der Waals surface area contributed by atoms with Gasteiger partial charge in [-0.1, -0.05) is 0 Å². The molecule has 1 rings (SSSR count). The highest BCUT2D eigenvalue weighted by molar-refractivity contribution is 5.72. The van der Waals surface area contributed by atoms with Gasteiger partial charge in [0, 0.05) is 0 Å². The molecule has 0 aromatic rings. The first-order valence-corrected chi connectivity index (χ1v) is 6.22. The Labute approximate surface area is 105 Å². The third kappa shape index (κ3) is 4.86. The first kappa shape index (κ1) is 15.3. The molecule has 4 nitrogen and oxygen atoms in total. The summed E-state index contributed by atoms with van der Waals surface area (Å²) in [7, 11) is 0. The van der Waals surface area contributed by atoms with Crippen LogP contribution in [0.1, 0.15) is 32.6 Å². The van der Waals surface area contributed by atoms with Crippen LogP contribution in [0.25, 0.3) is 0 Å². The molecule has 1 fully saturated rings. The Balaban J connectivity index is 2.30. The molecule has 0 atom stereocenters. The molecular weight excluding hydrogens is 246 g/mol. The van der Waals surface area contributed by atoms with Crippen molar-refractivity contribution in [2.24, 2.45) is 5.92 Å². The van der Waals surface area contributed by atoms with E-state index in [-0.39, 0.29) is 18.5 Å². The second-order valence-electron chi connectivity index (χ2n) is 4.66. The number of carbonyl (C=O) groups excluding carboxylic acids is 1. The molecule has 1 aliphatic carbocycles. The zero-order valence-corrected chi connectivity index (χ0v) is 10.5. The average Bonchev–Trinajstić information content (AvgIpc) is 2.29. The molecule has 0 aliphatic heterocycles. The third-order valence-corrected chi connectivity index (χ3v) is 3.15. The summed E-state index contributed by atoms with van der Waals surface area (Å²) >= 11 is 0. The average molecular weight is 266 g/mol. The molecular formula is C12H20F2O4. The standard InChI is InChI=1S/C12H20F2O4/c1-2-18-11(15)9-3-5-12(16,6-4-9)8-17-7-10(13)14/h9-10,16H,2-8H2,1H3. The summed E-state index contributed by atoms with van der Waals surface area (Å²) in [4.78, 5) is 11.5. The fraction of sp³-hybridized carbons (Fsp3) is 0.917. The van der Waals surface area contributed by atoms with Crippen molar-refractivity contribution in [2.45, 2.75) is 44.6 Å². The maximum atomic E-state index is 11.9.